The number of carbonyl (C=O) groups is 2. The number of rotatable bonds is 42. The van der Waals surface area contributed by atoms with Crippen LogP contribution in [0.3, 0.4) is 0 Å². The van der Waals surface area contributed by atoms with Gasteiger partial charge in [-0.25, -0.2) is 0 Å². The minimum atomic E-state index is -0.814. The fourth-order valence-electron chi connectivity index (χ4n) is 6.78. The van der Waals surface area contributed by atoms with E-state index in [1.54, 1.807) is 0 Å². The van der Waals surface area contributed by atoms with Crippen molar-refractivity contribution in [2.24, 2.45) is 0 Å². The summed E-state index contributed by atoms with van der Waals surface area (Å²) in [6.45, 7) is 6.26. The predicted molar refractivity (Wildman–Crippen MR) is 259 cm³/mol. The smallest absolute Gasteiger partial charge is 0.306 e. The average molecular weight is 834 g/mol. The lowest BCUT2D eigenvalue weighted by molar-refractivity contribution is -0.151. The molecule has 0 saturated heterocycles. The van der Waals surface area contributed by atoms with Gasteiger partial charge >= 0.3 is 5.97 Å². The largest absolute Gasteiger partial charge is 0.462 e. The van der Waals surface area contributed by atoms with E-state index in [-0.39, 0.29) is 24.9 Å². The van der Waals surface area contributed by atoms with Crippen LogP contribution in [0.4, 0.5) is 0 Å². The molecule has 0 fully saturated rings. The highest BCUT2D eigenvalue weighted by Gasteiger charge is 2.24. The van der Waals surface area contributed by atoms with Gasteiger partial charge < -0.3 is 20.3 Å². The van der Waals surface area contributed by atoms with Gasteiger partial charge in [-0.05, 0) is 83.5 Å². The predicted octanol–water partition coefficient (Wildman–Crippen LogP) is 14.6. The standard InChI is InChI=1S/C54H91NO5/c1-4-7-10-13-16-19-22-23-24-25-26-27-28-29-32-35-38-41-44-47-54(59)60-50(45-42-39-36-33-30-20-17-14-11-8-5-2)48-53(58)55-51(49-56)52(57)46-43-40-37-34-31-21-18-15-12-9-6-3/h8,11,14,16-17,19-20,23-24,26-27,29-30,32-33,36,50-52,56-57H,4-7,9-10,12-13,15,18,21-22,25,28,31,34-35,37-49H2,1-3H3,(H,55,58)/b11-8+,17-14+,19-16-,24-23-,27-26-,30-20-,32-29-,36-33-. The van der Waals surface area contributed by atoms with Crippen LogP contribution in [-0.2, 0) is 14.3 Å². The first-order chi connectivity index (χ1) is 29.5. The summed E-state index contributed by atoms with van der Waals surface area (Å²) in [5.41, 5.74) is 0. The number of nitrogens with one attached hydrogen (secondary N) is 1. The highest BCUT2D eigenvalue weighted by atomic mass is 16.5. The van der Waals surface area contributed by atoms with Gasteiger partial charge in [0.25, 0.3) is 0 Å². The van der Waals surface area contributed by atoms with E-state index < -0.39 is 18.2 Å². The Kier molecular flexibility index (Phi) is 44.3. The summed E-state index contributed by atoms with van der Waals surface area (Å²) in [6.07, 6.45) is 61.9. The molecule has 342 valence electrons. The van der Waals surface area contributed by atoms with Crippen LogP contribution < -0.4 is 5.32 Å². The number of unbranched alkanes of at least 4 members (excludes halogenated alkanes) is 17. The van der Waals surface area contributed by atoms with Crippen molar-refractivity contribution in [3.8, 4) is 0 Å². The van der Waals surface area contributed by atoms with E-state index in [2.05, 4.69) is 86.8 Å². The maximum atomic E-state index is 13.1. The molecule has 0 aromatic carbocycles. The molecule has 0 radical (unpaired) electrons. The quantitative estimate of drug-likeness (QED) is 0.0246. The van der Waals surface area contributed by atoms with Gasteiger partial charge in [0.1, 0.15) is 6.10 Å². The minimum absolute atomic E-state index is 0.0131. The summed E-state index contributed by atoms with van der Waals surface area (Å²) in [4.78, 5) is 26.0. The molecule has 0 aliphatic rings. The highest BCUT2D eigenvalue weighted by molar-refractivity contribution is 5.77. The summed E-state index contributed by atoms with van der Waals surface area (Å²) in [5.74, 6) is -0.589. The summed E-state index contributed by atoms with van der Waals surface area (Å²) >= 11 is 0. The van der Waals surface area contributed by atoms with E-state index in [4.69, 9.17) is 4.74 Å². The lowest BCUT2D eigenvalue weighted by Crippen LogP contribution is -2.46. The maximum Gasteiger partial charge on any atom is 0.306 e. The van der Waals surface area contributed by atoms with Crippen molar-refractivity contribution in [3.05, 3.63) is 97.2 Å². The average Bonchev–Trinajstić information content (AvgIpc) is 3.24. The topological polar surface area (TPSA) is 95.9 Å². The number of aliphatic hydroxyl groups is 2. The van der Waals surface area contributed by atoms with Gasteiger partial charge in [-0.1, -0.05) is 208 Å². The molecular formula is C54H91NO5. The zero-order valence-corrected chi connectivity index (χ0v) is 38.8. The molecule has 3 N–H and O–H groups in total. The Morgan fingerprint density at radius 3 is 1.55 bits per heavy atom. The molecule has 6 nitrogen and oxygen atoms in total. The van der Waals surface area contributed by atoms with Crippen LogP contribution in [-0.4, -0.2) is 46.9 Å². The van der Waals surface area contributed by atoms with Crippen molar-refractivity contribution in [2.45, 2.75) is 225 Å². The van der Waals surface area contributed by atoms with Crippen LogP contribution in [0.2, 0.25) is 0 Å². The second-order valence-corrected chi connectivity index (χ2v) is 16.2. The molecule has 0 bridgehead atoms. The van der Waals surface area contributed by atoms with Crippen LogP contribution in [0.5, 0.6) is 0 Å². The number of carbonyl (C=O) groups excluding carboxylic acids is 2. The molecule has 6 heteroatoms. The molecule has 0 saturated carbocycles. The lowest BCUT2D eigenvalue weighted by atomic mass is 10.0. The molecule has 0 aliphatic heterocycles. The third kappa shape index (κ3) is 41.5. The molecule has 0 aromatic rings. The molecule has 60 heavy (non-hydrogen) atoms. The van der Waals surface area contributed by atoms with Crippen molar-refractivity contribution in [3.63, 3.8) is 0 Å². The fourth-order valence-corrected chi connectivity index (χ4v) is 6.78. The summed E-state index contributed by atoms with van der Waals surface area (Å²) in [7, 11) is 0. The van der Waals surface area contributed by atoms with Crippen LogP contribution >= 0.6 is 0 Å². The number of hydrogen-bond acceptors (Lipinski definition) is 5. The molecule has 0 rings (SSSR count). The Morgan fingerprint density at radius 1 is 0.517 bits per heavy atom. The van der Waals surface area contributed by atoms with Crippen LogP contribution in [0.25, 0.3) is 0 Å². The van der Waals surface area contributed by atoms with E-state index in [1.807, 2.05) is 36.5 Å². The van der Waals surface area contributed by atoms with Crippen molar-refractivity contribution in [1.82, 2.24) is 5.32 Å². The first-order valence-corrected chi connectivity index (χ1v) is 24.5. The van der Waals surface area contributed by atoms with Crippen molar-refractivity contribution >= 4 is 11.9 Å². The second kappa shape index (κ2) is 46.8. The van der Waals surface area contributed by atoms with Crippen molar-refractivity contribution in [1.29, 1.82) is 0 Å². The highest BCUT2D eigenvalue weighted by Crippen LogP contribution is 2.16. The van der Waals surface area contributed by atoms with Gasteiger partial charge in [-0.2, -0.15) is 0 Å². The molecule has 3 unspecified atom stereocenters. The van der Waals surface area contributed by atoms with Crippen LogP contribution in [0.15, 0.2) is 97.2 Å². The maximum absolute atomic E-state index is 13.1. The van der Waals surface area contributed by atoms with Crippen LogP contribution in [0.1, 0.15) is 207 Å². The molecule has 0 aliphatic carbocycles. The van der Waals surface area contributed by atoms with Gasteiger partial charge in [0.2, 0.25) is 5.91 Å². The molecule has 1 amide bonds. The number of esters is 1. The van der Waals surface area contributed by atoms with Crippen LogP contribution in [0, 0.1) is 0 Å². The van der Waals surface area contributed by atoms with Gasteiger partial charge in [0.05, 0.1) is 25.2 Å². The monoisotopic (exact) mass is 834 g/mol. The number of amides is 1. The lowest BCUT2D eigenvalue weighted by Gasteiger charge is -2.24. The summed E-state index contributed by atoms with van der Waals surface area (Å²) in [5, 5.41) is 23.6. The van der Waals surface area contributed by atoms with Gasteiger partial charge in [0, 0.05) is 6.42 Å². The van der Waals surface area contributed by atoms with E-state index in [0.717, 1.165) is 83.5 Å². The Bertz CT molecular complexity index is 1210. The third-order valence-electron chi connectivity index (χ3n) is 10.5. The van der Waals surface area contributed by atoms with E-state index >= 15 is 0 Å². The molecule has 0 heterocycles. The SMILES string of the molecule is CC/C=C/C=C/C=C\C=C/CCCC(CC(=O)NC(CO)C(O)CCCCCCCCCCCCC)OC(=O)CCCCC/C=C\C/C=C\C/C=C\C/C=C\CCCCC. The third-order valence-corrected chi connectivity index (χ3v) is 10.5. The second-order valence-electron chi connectivity index (χ2n) is 16.2. The first-order valence-electron chi connectivity index (χ1n) is 24.5. The fraction of sp³-hybridized carbons (Fsp3) is 0.667. The first kappa shape index (κ1) is 56.8. The summed E-state index contributed by atoms with van der Waals surface area (Å²) < 4.78 is 5.86. The van der Waals surface area contributed by atoms with Gasteiger partial charge in [-0.3, -0.25) is 9.59 Å². The number of aliphatic hydroxyl groups excluding tert-OH is 2. The van der Waals surface area contributed by atoms with Crippen molar-refractivity contribution in [2.75, 3.05) is 6.61 Å². The minimum Gasteiger partial charge on any atom is -0.462 e. The zero-order valence-electron chi connectivity index (χ0n) is 38.8. The van der Waals surface area contributed by atoms with E-state index in [1.165, 1.54) is 77.0 Å². The Balaban J connectivity index is 4.68. The number of allylic oxidation sites excluding steroid dienone is 16. The Hall–Kier alpha value is -3.22. The van der Waals surface area contributed by atoms with Gasteiger partial charge in [0.15, 0.2) is 0 Å². The van der Waals surface area contributed by atoms with Gasteiger partial charge in [-0.15, -0.1) is 0 Å². The molecule has 0 aromatic heterocycles. The Morgan fingerprint density at radius 2 is 0.983 bits per heavy atom. The molecule has 3 atom stereocenters. The summed E-state index contributed by atoms with van der Waals surface area (Å²) in [6, 6.07) is -0.733. The molecule has 0 spiro atoms. The zero-order chi connectivity index (χ0) is 43.8. The van der Waals surface area contributed by atoms with E-state index in [0.29, 0.717) is 19.3 Å². The number of hydrogen-bond donors (Lipinski definition) is 3. The molecular weight excluding hydrogens is 743 g/mol. The van der Waals surface area contributed by atoms with E-state index in [9.17, 15) is 19.8 Å². The van der Waals surface area contributed by atoms with Crippen molar-refractivity contribution < 1.29 is 24.5 Å². The Labute approximate surface area is 369 Å². The normalized spacial score (nSPS) is 14.2. The number of ether oxygens (including phenoxy) is 1.